The number of hydrogen-bond donors (Lipinski definition) is 0. The Morgan fingerprint density at radius 1 is 0.236 bits per heavy atom. The summed E-state index contributed by atoms with van der Waals surface area (Å²) in [6.07, 6.45) is 24.6. The lowest BCUT2D eigenvalue weighted by Gasteiger charge is -2.43. The van der Waals surface area contributed by atoms with Crippen LogP contribution in [-0.4, -0.2) is 0 Å². The molecule has 14 heterocycles. The average Bonchev–Trinajstić information content (AvgIpc) is 1.63. The predicted octanol–water partition coefficient (Wildman–Crippen LogP) is 42.6. The number of thiophene rings is 14. The van der Waals surface area contributed by atoms with Gasteiger partial charge in [0.15, 0.2) is 0 Å². The fourth-order valence-corrected chi connectivity index (χ4v) is 39.3. The quantitative estimate of drug-likeness (QED) is 0.149. The summed E-state index contributed by atoms with van der Waals surface area (Å²) in [5.41, 5.74) is 36.4. The molecule has 0 atom stereocenters. The second kappa shape index (κ2) is 39.6. The van der Waals surface area contributed by atoms with Crippen LogP contribution in [0.1, 0.15) is 281 Å². The highest BCUT2D eigenvalue weighted by Crippen LogP contribution is 2.57. The molecular weight excluding hydrogens is 1810 g/mol. The predicted molar refractivity (Wildman–Crippen MR) is 591 cm³/mol. The molecule has 14 heteroatoms. The third kappa shape index (κ3) is 19.9. The highest BCUT2D eigenvalue weighted by Gasteiger charge is 2.38. The molecule has 4 fully saturated rings. The van der Waals surface area contributed by atoms with Crippen molar-refractivity contribution in [3.8, 4) is 41.8 Å². The average molecular weight is 1940 g/mol. The summed E-state index contributed by atoms with van der Waals surface area (Å²) in [6.45, 7) is 54.5. The third-order valence-electron chi connectivity index (χ3n) is 28.4. The lowest BCUT2D eigenvalue weighted by Crippen LogP contribution is -2.29. The van der Waals surface area contributed by atoms with E-state index in [0.29, 0.717) is 10.8 Å². The third-order valence-corrected chi connectivity index (χ3v) is 48.5. The van der Waals surface area contributed by atoms with Crippen molar-refractivity contribution in [2.45, 2.75) is 293 Å². The van der Waals surface area contributed by atoms with Crippen molar-refractivity contribution in [1.82, 2.24) is 0 Å². The monoisotopic (exact) mass is 1930 g/mol. The van der Waals surface area contributed by atoms with Gasteiger partial charge in [-0.3, -0.25) is 0 Å². The van der Waals surface area contributed by atoms with E-state index in [1.807, 2.05) is 125 Å². The minimum atomic E-state index is 0.578. The zero-order chi connectivity index (χ0) is 90.0. The Labute approximate surface area is 815 Å². The van der Waals surface area contributed by atoms with Crippen molar-refractivity contribution >= 4 is 225 Å². The van der Waals surface area contributed by atoms with Crippen molar-refractivity contribution in [1.29, 1.82) is 0 Å². The Hall–Kier alpha value is -5.50. The molecule has 4 saturated carbocycles. The number of fused-ring (bicyclic) bond motifs is 7. The van der Waals surface area contributed by atoms with Crippen LogP contribution in [-0.2, 0) is 0 Å². The van der Waals surface area contributed by atoms with Crippen LogP contribution >= 0.6 is 159 Å². The van der Waals surface area contributed by atoms with Crippen LogP contribution in [0.5, 0.6) is 0 Å². The molecule has 4 aromatic carbocycles. The molecule has 18 aromatic rings. The van der Waals surface area contributed by atoms with Crippen LogP contribution in [0.25, 0.3) is 108 Å². The molecule has 4 aliphatic rings. The molecule has 0 bridgehead atoms. The van der Waals surface area contributed by atoms with Crippen LogP contribution in [0.3, 0.4) is 0 Å². The van der Waals surface area contributed by atoms with E-state index < -0.39 is 0 Å². The molecule has 0 saturated heterocycles. The Bertz CT molecular complexity index is 6750. The molecule has 4 aliphatic carbocycles. The molecule has 666 valence electrons. The Kier molecular flexibility index (Phi) is 29.5. The topological polar surface area (TPSA) is 0 Å². The van der Waals surface area contributed by atoms with Crippen LogP contribution in [0.4, 0.5) is 0 Å². The summed E-state index contributed by atoms with van der Waals surface area (Å²) in [6, 6.07) is 30.7. The van der Waals surface area contributed by atoms with Crippen LogP contribution in [0.2, 0.25) is 0 Å². The highest BCUT2D eigenvalue weighted by molar-refractivity contribution is 7.32. The fraction of sp³-hybridized carbons (Fsp3) is 0.416. The largest absolute Gasteiger partial charge is 0.142 e. The molecule has 0 unspecified atom stereocenters. The number of rotatable bonds is 7. The Morgan fingerprint density at radius 2 is 0.535 bits per heavy atom. The van der Waals surface area contributed by atoms with E-state index >= 15 is 0 Å². The van der Waals surface area contributed by atoms with Crippen molar-refractivity contribution in [2.75, 3.05) is 0 Å². The van der Waals surface area contributed by atoms with Crippen molar-refractivity contribution < 1.29 is 0 Å². The number of benzene rings is 4. The first-order valence-electron chi connectivity index (χ1n) is 46.2. The smallest absolute Gasteiger partial charge is 0.0489 e. The Morgan fingerprint density at radius 3 is 0.890 bits per heavy atom. The molecule has 14 aromatic heterocycles. The first-order valence-corrected chi connectivity index (χ1v) is 58.1. The van der Waals surface area contributed by atoms with Crippen molar-refractivity contribution in [2.24, 2.45) is 16.2 Å². The van der Waals surface area contributed by atoms with Crippen LogP contribution < -0.4 is 0 Å². The van der Waals surface area contributed by atoms with Crippen LogP contribution in [0, 0.1) is 155 Å². The van der Waals surface area contributed by atoms with Gasteiger partial charge in [-0.25, -0.2) is 0 Å². The summed E-state index contributed by atoms with van der Waals surface area (Å²) >= 11 is 27.3. The van der Waals surface area contributed by atoms with Gasteiger partial charge < -0.3 is 0 Å². The standard InChI is InChI=1S/C19H26S2.C17H18S2.2C16H22S2.C16H16S2.C15H14S2.C14H12S2/c1-13-12-20-18-14(2)17(21-16(13)18)15-6-10-19(11-7-15)8-4-3-5-9-19;1-9-6-10(2)14(11(3)7-9)16-13(5)17-15(19-16)12(4)8-18-17;2*1-10-9-17-15-11(2)14(18-13(10)15)12-5-7-16(3,4)8-6-12;1-9-5-6-13(10(2)7-9)15-12(4)16-14(18-15)11(3)8-17-16;1-9-6-4-5-7-12(9)14-11(3)15-13(17-14)10(2)8-16-15;1-9-8-15-14-10(2)13(16-12(9)14)11-6-4-3-5-7-11/h12,15H,3-11H2,1-2H3;6-8H,1-5H3;2*9,12H,5-8H2,1-4H3;5-8H,1-4H3;4-8H,1-3H3;3-8H,1-2H3. The van der Waals surface area contributed by atoms with Gasteiger partial charge in [0.2, 0.25) is 0 Å². The van der Waals surface area contributed by atoms with Gasteiger partial charge in [-0.2, -0.15) is 0 Å². The zero-order valence-corrected chi connectivity index (χ0v) is 91.0. The zero-order valence-electron chi connectivity index (χ0n) is 79.6. The van der Waals surface area contributed by atoms with E-state index in [9.17, 15) is 0 Å². The lowest BCUT2D eigenvalue weighted by atomic mass is 9.63. The summed E-state index contributed by atoms with van der Waals surface area (Å²) in [7, 11) is 0. The lowest BCUT2D eigenvalue weighted by molar-refractivity contribution is 0.115. The molecular formula is C113H130S14. The van der Waals surface area contributed by atoms with E-state index in [0.717, 1.165) is 23.2 Å². The van der Waals surface area contributed by atoms with Crippen molar-refractivity contribution in [3.05, 3.63) is 248 Å². The minimum Gasteiger partial charge on any atom is -0.142 e. The van der Waals surface area contributed by atoms with E-state index in [1.54, 1.807) is 59.5 Å². The minimum absolute atomic E-state index is 0.578. The second-order valence-electron chi connectivity index (χ2n) is 39.5. The maximum atomic E-state index is 2.42. The molecule has 0 nitrogen and oxygen atoms in total. The normalized spacial score (nSPS) is 15.9. The molecule has 0 N–H and O–H groups in total. The number of aryl methyl sites for hydroxylation is 20. The first-order chi connectivity index (χ1) is 60.7. The summed E-state index contributed by atoms with van der Waals surface area (Å²) < 4.78 is 21.1. The van der Waals surface area contributed by atoms with Gasteiger partial charge in [0.25, 0.3) is 0 Å². The maximum absolute atomic E-state index is 2.42. The highest BCUT2D eigenvalue weighted by atomic mass is 32.2. The van der Waals surface area contributed by atoms with Crippen molar-refractivity contribution in [3.63, 3.8) is 0 Å². The van der Waals surface area contributed by atoms with E-state index in [1.165, 1.54) is 283 Å². The SMILES string of the molecule is Cc1cc(C)c(-c2sc3c(C)csc3c2C)c(C)c1.Cc1ccc(-c2sc3c(C)csc3c2C)c(C)c1.Cc1ccccc1-c1sc2c(C)csc2c1C.Cc1csc2c(C)c(-c3ccccc3)sc12.Cc1csc2c(C)c(C3CCC(C)(C)CC3)sc12.Cc1csc2c(C)c(C3CCC(C)(C)CC3)sc12.Cc1csc2c(C)c(C3CCC4(CCCCC4)CC3)sc12. The van der Waals surface area contributed by atoms with E-state index in [4.69, 9.17) is 0 Å². The van der Waals surface area contributed by atoms with Gasteiger partial charge in [-0.05, 0) is 422 Å². The van der Waals surface area contributed by atoms with Crippen LogP contribution in [0.15, 0.2) is 123 Å². The van der Waals surface area contributed by atoms with Gasteiger partial charge in [0, 0.05) is 99.9 Å². The van der Waals surface area contributed by atoms with E-state index in [2.05, 4.69) is 323 Å². The van der Waals surface area contributed by atoms with Gasteiger partial charge in [-0.1, -0.05) is 143 Å². The molecule has 0 amide bonds. The van der Waals surface area contributed by atoms with Gasteiger partial charge in [0.05, 0.1) is 0 Å². The van der Waals surface area contributed by atoms with Gasteiger partial charge in [-0.15, -0.1) is 159 Å². The summed E-state index contributed by atoms with van der Waals surface area (Å²) in [5.74, 6) is 2.53. The van der Waals surface area contributed by atoms with E-state index in [-0.39, 0.29) is 0 Å². The Balaban J connectivity index is 0.000000109. The first kappa shape index (κ1) is 94.7. The fourth-order valence-electron chi connectivity index (χ4n) is 20.6. The maximum Gasteiger partial charge on any atom is 0.0489 e. The van der Waals surface area contributed by atoms with Gasteiger partial charge in [0.1, 0.15) is 0 Å². The molecule has 127 heavy (non-hydrogen) atoms. The molecule has 22 rings (SSSR count). The van der Waals surface area contributed by atoms with Gasteiger partial charge >= 0.3 is 0 Å². The summed E-state index contributed by atoms with van der Waals surface area (Å²) in [5, 5.41) is 16.0. The molecule has 0 aliphatic heterocycles. The molecule has 0 radical (unpaired) electrons. The number of hydrogen-bond acceptors (Lipinski definition) is 14. The summed E-state index contributed by atoms with van der Waals surface area (Å²) in [4.78, 5) is 10.9. The second-order valence-corrected chi connectivity index (χ2v) is 52.9. The molecule has 1 spiro atoms.